The Labute approximate surface area is 149 Å². The first-order valence-electron chi connectivity index (χ1n) is 9.62. The Balaban J connectivity index is 1.65. The molecule has 2 bridgehead atoms. The Morgan fingerprint density at radius 1 is 1.20 bits per heavy atom. The Kier molecular flexibility index (Phi) is 3.53. The number of nitrogens with zero attached hydrogens (tertiary/aromatic N) is 2. The van der Waals surface area contributed by atoms with Crippen LogP contribution in [-0.2, 0) is 18.2 Å². The predicted octanol–water partition coefficient (Wildman–Crippen LogP) is 2.74. The molecule has 5 rings (SSSR count). The molecule has 0 unspecified atom stereocenters. The van der Waals surface area contributed by atoms with Crippen molar-refractivity contribution in [1.82, 2.24) is 9.47 Å². The first kappa shape index (κ1) is 15.9. The monoisotopic (exact) mass is 340 g/mol. The molecular formula is C21H28N2O2. The van der Waals surface area contributed by atoms with E-state index in [1.807, 2.05) is 0 Å². The fraction of sp³-hybridized carbons (Fsp3) is 0.619. The molecule has 134 valence electrons. The van der Waals surface area contributed by atoms with Crippen molar-refractivity contribution in [2.75, 3.05) is 20.3 Å². The number of para-hydroxylation sites is 1. The van der Waals surface area contributed by atoms with Gasteiger partial charge in [-0.05, 0) is 44.4 Å². The zero-order valence-corrected chi connectivity index (χ0v) is 15.4. The molecule has 0 spiro atoms. The number of piperidine rings is 1. The lowest BCUT2D eigenvalue weighted by atomic mass is 9.64. The second-order valence-corrected chi connectivity index (χ2v) is 8.34. The van der Waals surface area contributed by atoms with E-state index in [2.05, 4.69) is 54.8 Å². The molecule has 25 heavy (non-hydrogen) atoms. The number of aryl methyl sites for hydroxylation is 1. The molecule has 6 atom stereocenters. The summed E-state index contributed by atoms with van der Waals surface area (Å²) < 4.78 is 8.50. The molecule has 3 aliphatic rings. The summed E-state index contributed by atoms with van der Waals surface area (Å²) in [4.78, 5) is 2.59. The van der Waals surface area contributed by atoms with Crippen molar-refractivity contribution in [3.63, 3.8) is 0 Å². The lowest BCUT2D eigenvalue weighted by Crippen LogP contribution is -2.59. The summed E-state index contributed by atoms with van der Waals surface area (Å²) in [5.74, 6) is 1.36. The second kappa shape index (κ2) is 5.57. The van der Waals surface area contributed by atoms with Crippen LogP contribution in [0.3, 0.4) is 0 Å². The van der Waals surface area contributed by atoms with Gasteiger partial charge < -0.3 is 14.4 Å². The predicted molar refractivity (Wildman–Crippen MR) is 98.5 cm³/mol. The first-order chi connectivity index (χ1) is 12.1. The van der Waals surface area contributed by atoms with Crippen LogP contribution < -0.4 is 0 Å². The van der Waals surface area contributed by atoms with Gasteiger partial charge in [-0.3, -0.25) is 4.90 Å². The first-order valence-corrected chi connectivity index (χ1v) is 9.62. The van der Waals surface area contributed by atoms with Crippen LogP contribution in [0.15, 0.2) is 24.3 Å². The minimum absolute atomic E-state index is 0.169. The van der Waals surface area contributed by atoms with E-state index in [1.54, 1.807) is 5.56 Å². The van der Waals surface area contributed by atoms with Crippen LogP contribution in [0, 0.1) is 17.8 Å². The van der Waals surface area contributed by atoms with E-state index < -0.39 is 0 Å². The molecule has 4 heterocycles. The molecule has 0 amide bonds. The number of ether oxygens (including phenoxy) is 1. The van der Waals surface area contributed by atoms with Gasteiger partial charge in [-0.25, -0.2) is 0 Å². The molecule has 4 nitrogen and oxygen atoms in total. The number of aromatic nitrogens is 1. The van der Waals surface area contributed by atoms with E-state index in [9.17, 15) is 5.11 Å². The normalized spacial score (nSPS) is 37.8. The van der Waals surface area contributed by atoms with Crippen LogP contribution in [0.2, 0.25) is 0 Å². The summed E-state index contributed by atoms with van der Waals surface area (Å²) in [6, 6.07) is 9.79. The van der Waals surface area contributed by atoms with Crippen molar-refractivity contribution >= 4 is 10.9 Å². The maximum atomic E-state index is 9.99. The molecule has 2 aromatic rings. The molecule has 4 heteroatoms. The summed E-state index contributed by atoms with van der Waals surface area (Å²) in [5, 5.41) is 11.4. The lowest BCUT2D eigenvalue weighted by Gasteiger charge is -2.56. The smallest absolute Gasteiger partial charge is 0.0600 e. The van der Waals surface area contributed by atoms with Gasteiger partial charge in [0.1, 0.15) is 0 Å². The Morgan fingerprint density at radius 3 is 2.80 bits per heavy atom. The van der Waals surface area contributed by atoms with E-state index in [4.69, 9.17) is 4.74 Å². The number of hydrogen-bond donors (Lipinski definition) is 1. The maximum Gasteiger partial charge on any atom is 0.0600 e. The summed E-state index contributed by atoms with van der Waals surface area (Å²) >= 11 is 0. The third kappa shape index (κ3) is 2.05. The highest BCUT2D eigenvalue weighted by atomic mass is 16.5. The Bertz CT molecular complexity index is 814. The van der Waals surface area contributed by atoms with E-state index in [0.717, 1.165) is 19.4 Å². The zero-order valence-electron chi connectivity index (χ0n) is 15.4. The molecule has 0 aliphatic carbocycles. The standard InChI is InChI=1S/C21H28N2O2/c1-12-16(10-24)14-8-20-21-15(9-19(22(20)2)17(14)11-25-12)13-6-4-5-7-18(13)23(21)3/h4-7,12,14,16-17,19-20,24H,8-11H2,1-3H3/t12-,14-,16+,17+,19+,20+/m0/s1. The third-order valence-electron chi connectivity index (χ3n) is 7.46. The molecule has 1 aromatic carbocycles. The lowest BCUT2D eigenvalue weighted by molar-refractivity contribution is -0.150. The third-order valence-corrected chi connectivity index (χ3v) is 7.46. The number of benzene rings is 1. The molecule has 0 radical (unpaired) electrons. The largest absolute Gasteiger partial charge is 0.396 e. The fourth-order valence-electron chi connectivity index (χ4n) is 6.10. The number of fused-ring (bicyclic) bond motifs is 8. The summed E-state index contributed by atoms with van der Waals surface area (Å²) in [6.07, 6.45) is 2.40. The van der Waals surface area contributed by atoms with Crippen molar-refractivity contribution in [3.8, 4) is 0 Å². The van der Waals surface area contributed by atoms with Gasteiger partial charge in [0.2, 0.25) is 0 Å². The summed E-state index contributed by atoms with van der Waals surface area (Å²) in [6.45, 7) is 3.21. The van der Waals surface area contributed by atoms with Gasteiger partial charge >= 0.3 is 0 Å². The zero-order chi connectivity index (χ0) is 17.3. The van der Waals surface area contributed by atoms with Crippen LogP contribution in [0.4, 0.5) is 0 Å². The van der Waals surface area contributed by atoms with Crippen LogP contribution in [0.5, 0.6) is 0 Å². The molecule has 1 N–H and O–H groups in total. The number of aliphatic hydroxyl groups is 1. The summed E-state index contributed by atoms with van der Waals surface area (Å²) in [5.41, 5.74) is 4.39. The molecule has 1 aromatic heterocycles. The fourth-order valence-corrected chi connectivity index (χ4v) is 6.10. The van der Waals surface area contributed by atoms with E-state index in [1.165, 1.54) is 16.6 Å². The average Bonchev–Trinajstić information content (AvgIpc) is 2.88. The van der Waals surface area contributed by atoms with Gasteiger partial charge in [0.15, 0.2) is 0 Å². The van der Waals surface area contributed by atoms with Gasteiger partial charge in [0.05, 0.1) is 18.8 Å². The van der Waals surface area contributed by atoms with Crippen molar-refractivity contribution < 1.29 is 9.84 Å². The minimum atomic E-state index is 0.169. The number of aliphatic hydroxyl groups excluding tert-OH is 1. The summed E-state index contributed by atoms with van der Waals surface area (Å²) in [7, 11) is 4.51. The van der Waals surface area contributed by atoms with Crippen molar-refractivity contribution in [1.29, 1.82) is 0 Å². The highest BCUT2D eigenvalue weighted by molar-refractivity contribution is 5.86. The van der Waals surface area contributed by atoms with Gasteiger partial charge in [-0.15, -0.1) is 0 Å². The maximum absolute atomic E-state index is 9.99. The highest BCUT2D eigenvalue weighted by Crippen LogP contribution is 2.52. The van der Waals surface area contributed by atoms with E-state index in [-0.39, 0.29) is 18.6 Å². The quantitative estimate of drug-likeness (QED) is 0.867. The highest BCUT2D eigenvalue weighted by Gasteiger charge is 2.51. The topological polar surface area (TPSA) is 37.6 Å². The van der Waals surface area contributed by atoms with E-state index in [0.29, 0.717) is 23.9 Å². The Hall–Kier alpha value is -1.36. The number of rotatable bonds is 1. The van der Waals surface area contributed by atoms with Crippen molar-refractivity contribution in [2.45, 2.75) is 38.0 Å². The molecular weight excluding hydrogens is 312 g/mol. The molecule has 2 fully saturated rings. The van der Waals surface area contributed by atoms with Crippen LogP contribution in [-0.4, -0.2) is 47.0 Å². The molecule has 0 saturated carbocycles. The van der Waals surface area contributed by atoms with Crippen molar-refractivity contribution in [2.24, 2.45) is 24.8 Å². The second-order valence-electron chi connectivity index (χ2n) is 8.34. The number of hydrogen-bond acceptors (Lipinski definition) is 3. The SMILES string of the molecule is C[C@@H]1OC[C@@H]2[C@@H](C[C@@H]3c4c(c5ccccc5n4C)C[C@H]2N3C)[C@@H]1CO. The minimum Gasteiger partial charge on any atom is -0.396 e. The molecule has 2 saturated heterocycles. The molecule has 3 aliphatic heterocycles. The van der Waals surface area contributed by atoms with Gasteiger partial charge in [-0.1, -0.05) is 18.2 Å². The van der Waals surface area contributed by atoms with Crippen LogP contribution in [0.1, 0.15) is 30.6 Å². The average molecular weight is 340 g/mol. The van der Waals surface area contributed by atoms with Gasteiger partial charge in [0, 0.05) is 48.1 Å². The van der Waals surface area contributed by atoms with Crippen molar-refractivity contribution in [3.05, 3.63) is 35.5 Å². The van der Waals surface area contributed by atoms with Crippen LogP contribution >= 0.6 is 0 Å². The number of likely N-dealkylation sites (N-methyl/N-ethyl adjacent to an activating group) is 1. The van der Waals surface area contributed by atoms with E-state index >= 15 is 0 Å². The van der Waals surface area contributed by atoms with Gasteiger partial charge in [-0.2, -0.15) is 0 Å². The van der Waals surface area contributed by atoms with Gasteiger partial charge in [0.25, 0.3) is 0 Å². The van der Waals surface area contributed by atoms with Crippen LogP contribution in [0.25, 0.3) is 10.9 Å². The Morgan fingerprint density at radius 2 is 2.00 bits per heavy atom.